The Balaban J connectivity index is 1.56. The lowest BCUT2D eigenvalue weighted by molar-refractivity contribution is -0.127. The maximum atomic E-state index is 12.1. The summed E-state index contributed by atoms with van der Waals surface area (Å²) in [7, 11) is 0. The maximum absolute atomic E-state index is 12.1. The second-order valence-corrected chi connectivity index (χ2v) is 6.02. The van der Waals surface area contributed by atoms with E-state index in [0.717, 1.165) is 16.3 Å². The molecule has 1 amide bonds. The summed E-state index contributed by atoms with van der Waals surface area (Å²) in [6.07, 6.45) is -1.45. The Bertz CT molecular complexity index is 688. The third-order valence-corrected chi connectivity index (χ3v) is 4.24. The molecule has 122 valence electrons. The minimum atomic E-state index is -0.883. The number of nitrogens with one attached hydrogen (secondary N) is 1. The van der Waals surface area contributed by atoms with Gasteiger partial charge in [-0.2, -0.15) is 0 Å². The summed E-state index contributed by atoms with van der Waals surface area (Å²) in [4.78, 5) is 12.1. The molecule has 1 aliphatic rings. The van der Waals surface area contributed by atoms with Crippen LogP contribution in [0.3, 0.4) is 0 Å². The van der Waals surface area contributed by atoms with Crippen molar-refractivity contribution in [1.29, 1.82) is 0 Å². The number of carbonyl (C=O) groups excluding carboxylic acids is 1. The zero-order valence-electron chi connectivity index (χ0n) is 12.8. The van der Waals surface area contributed by atoms with Gasteiger partial charge in [-0.25, -0.2) is 0 Å². The molecule has 0 spiro atoms. The Morgan fingerprint density at radius 2 is 1.91 bits per heavy atom. The summed E-state index contributed by atoms with van der Waals surface area (Å²) >= 11 is 0. The van der Waals surface area contributed by atoms with Crippen LogP contribution in [-0.2, 0) is 16.0 Å². The number of hydrogen-bond acceptors (Lipinski definition) is 4. The van der Waals surface area contributed by atoms with Crippen LogP contribution in [0.25, 0.3) is 10.8 Å². The van der Waals surface area contributed by atoms with E-state index in [4.69, 9.17) is 4.74 Å². The Kier molecular flexibility index (Phi) is 4.91. The quantitative estimate of drug-likeness (QED) is 0.782. The number of rotatable bonds is 4. The largest absolute Gasteiger partial charge is 0.390 e. The molecule has 5 heteroatoms. The van der Waals surface area contributed by atoms with E-state index in [0.29, 0.717) is 13.2 Å². The van der Waals surface area contributed by atoms with E-state index >= 15 is 0 Å². The molecule has 3 N–H and O–H groups in total. The lowest BCUT2D eigenvalue weighted by atomic mass is 9.96. The molecule has 0 radical (unpaired) electrons. The van der Waals surface area contributed by atoms with Gasteiger partial charge in [-0.1, -0.05) is 42.5 Å². The van der Waals surface area contributed by atoms with Crippen LogP contribution in [0.4, 0.5) is 0 Å². The third-order valence-electron chi connectivity index (χ3n) is 4.24. The number of benzene rings is 2. The van der Waals surface area contributed by atoms with E-state index in [-0.39, 0.29) is 24.9 Å². The van der Waals surface area contributed by atoms with Crippen molar-refractivity contribution in [2.45, 2.75) is 18.6 Å². The van der Waals surface area contributed by atoms with Crippen molar-refractivity contribution in [2.75, 3.05) is 19.8 Å². The van der Waals surface area contributed by atoms with Crippen molar-refractivity contribution in [2.24, 2.45) is 5.92 Å². The second kappa shape index (κ2) is 7.08. The summed E-state index contributed by atoms with van der Waals surface area (Å²) in [5, 5.41) is 24.5. The van der Waals surface area contributed by atoms with E-state index in [1.165, 1.54) is 0 Å². The molecular weight excluding hydrogens is 294 g/mol. The molecule has 1 fully saturated rings. The smallest absolute Gasteiger partial charge is 0.224 e. The highest BCUT2D eigenvalue weighted by Gasteiger charge is 2.31. The first-order valence-corrected chi connectivity index (χ1v) is 7.82. The number of ether oxygens (including phenoxy) is 1. The summed E-state index contributed by atoms with van der Waals surface area (Å²) in [5.41, 5.74) is 0.946. The van der Waals surface area contributed by atoms with E-state index in [1.807, 2.05) is 42.5 Å². The first kappa shape index (κ1) is 15.9. The van der Waals surface area contributed by atoms with Crippen LogP contribution in [0.15, 0.2) is 42.5 Å². The van der Waals surface area contributed by atoms with Crippen molar-refractivity contribution in [3.05, 3.63) is 48.0 Å². The fourth-order valence-corrected chi connectivity index (χ4v) is 2.87. The number of amides is 1. The summed E-state index contributed by atoms with van der Waals surface area (Å²) in [6, 6.07) is 14.0. The first-order chi connectivity index (χ1) is 11.1. The normalized spacial score (nSPS) is 24.5. The Labute approximate surface area is 134 Å². The minimum Gasteiger partial charge on any atom is -0.390 e. The van der Waals surface area contributed by atoms with Crippen LogP contribution >= 0.6 is 0 Å². The van der Waals surface area contributed by atoms with Crippen LogP contribution in [-0.4, -0.2) is 48.1 Å². The predicted octanol–water partition coefficient (Wildman–Crippen LogP) is 0.867. The molecular formula is C18H21NO4. The summed E-state index contributed by atoms with van der Waals surface area (Å²) in [5.74, 6) is -0.383. The number of aliphatic hydroxyl groups excluding tert-OH is 2. The van der Waals surface area contributed by atoms with Gasteiger partial charge in [-0.3, -0.25) is 4.79 Å². The summed E-state index contributed by atoms with van der Waals surface area (Å²) in [6.45, 7) is 0.780. The lowest BCUT2D eigenvalue weighted by Crippen LogP contribution is -2.48. The van der Waals surface area contributed by atoms with Gasteiger partial charge in [0.15, 0.2) is 0 Å². The van der Waals surface area contributed by atoms with Gasteiger partial charge >= 0.3 is 0 Å². The number of fused-ring (bicyclic) bond motifs is 1. The topological polar surface area (TPSA) is 78.8 Å². The van der Waals surface area contributed by atoms with E-state index < -0.39 is 12.2 Å². The molecule has 1 heterocycles. The zero-order chi connectivity index (χ0) is 16.2. The van der Waals surface area contributed by atoms with Crippen LogP contribution < -0.4 is 5.32 Å². The highest BCUT2D eigenvalue weighted by molar-refractivity contribution is 5.85. The third kappa shape index (κ3) is 3.88. The van der Waals surface area contributed by atoms with Gasteiger partial charge in [-0.15, -0.1) is 0 Å². The Hall–Kier alpha value is -1.95. The molecule has 2 aromatic rings. The number of carbonyl (C=O) groups is 1. The molecule has 1 aliphatic heterocycles. The van der Waals surface area contributed by atoms with E-state index in [9.17, 15) is 15.0 Å². The van der Waals surface area contributed by atoms with Gasteiger partial charge in [0, 0.05) is 12.5 Å². The fraction of sp³-hybridized carbons (Fsp3) is 0.389. The van der Waals surface area contributed by atoms with Crippen molar-refractivity contribution in [1.82, 2.24) is 5.32 Å². The highest BCUT2D eigenvalue weighted by Crippen LogP contribution is 2.17. The van der Waals surface area contributed by atoms with Gasteiger partial charge in [-0.05, 0) is 16.3 Å². The number of aliphatic hydroxyl groups is 2. The SMILES string of the molecule is O=C(Cc1ccc2ccccc2c1)NC[C@@H]1COC[C@@H](O)[C@H]1O. The standard InChI is InChI=1S/C18H21NO4/c20-16-11-23-10-15(18(16)22)9-19-17(21)8-12-5-6-13-3-1-2-4-14(13)7-12/h1-7,15-16,18,20,22H,8-11H2,(H,19,21)/t15-,16-,18+/m1/s1. The Morgan fingerprint density at radius 3 is 2.74 bits per heavy atom. The van der Waals surface area contributed by atoms with Crippen LogP contribution in [0.1, 0.15) is 5.56 Å². The predicted molar refractivity (Wildman–Crippen MR) is 87.0 cm³/mol. The maximum Gasteiger partial charge on any atom is 0.224 e. The number of hydrogen-bond donors (Lipinski definition) is 3. The second-order valence-electron chi connectivity index (χ2n) is 6.02. The molecule has 0 unspecified atom stereocenters. The minimum absolute atomic E-state index is 0.104. The molecule has 2 aromatic carbocycles. The molecule has 0 aromatic heterocycles. The molecule has 0 bridgehead atoms. The lowest BCUT2D eigenvalue weighted by Gasteiger charge is -2.31. The zero-order valence-corrected chi connectivity index (χ0v) is 12.8. The van der Waals surface area contributed by atoms with Gasteiger partial charge in [0.05, 0.1) is 25.7 Å². The molecule has 5 nitrogen and oxygen atoms in total. The molecule has 1 saturated heterocycles. The Morgan fingerprint density at radius 1 is 1.13 bits per heavy atom. The van der Waals surface area contributed by atoms with Gasteiger partial charge < -0.3 is 20.3 Å². The van der Waals surface area contributed by atoms with Gasteiger partial charge in [0.1, 0.15) is 6.10 Å². The monoisotopic (exact) mass is 315 g/mol. The van der Waals surface area contributed by atoms with Gasteiger partial charge in [0.25, 0.3) is 0 Å². The average Bonchev–Trinajstić information content (AvgIpc) is 2.56. The van der Waals surface area contributed by atoms with Gasteiger partial charge in [0.2, 0.25) is 5.91 Å². The highest BCUT2D eigenvalue weighted by atomic mass is 16.5. The average molecular weight is 315 g/mol. The fourth-order valence-electron chi connectivity index (χ4n) is 2.87. The van der Waals surface area contributed by atoms with Crippen molar-refractivity contribution in [3.8, 4) is 0 Å². The summed E-state index contributed by atoms with van der Waals surface area (Å²) < 4.78 is 5.20. The van der Waals surface area contributed by atoms with E-state index in [2.05, 4.69) is 5.32 Å². The van der Waals surface area contributed by atoms with Crippen LogP contribution in [0.2, 0.25) is 0 Å². The van der Waals surface area contributed by atoms with Crippen LogP contribution in [0.5, 0.6) is 0 Å². The van der Waals surface area contributed by atoms with Crippen molar-refractivity contribution in [3.63, 3.8) is 0 Å². The molecule has 3 atom stereocenters. The molecule has 3 rings (SSSR count). The molecule has 0 saturated carbocycles. The van der Waals surface area contributed by atoms with Crippen molar-refractivity contribution >= 4 is 16.7 Å². The molecule has 0 aliphatic carbocycles. The van der Waals surface area contributed by atoms with Crippen LogP contribution in [0, 0.1) is 5.92 Å². The first-order valence-electron chi connectivity index (χ1n) is 7.82. The molecule has 23 heavy (non-hydrogen) atoms. The van der Waals surface area contributed by atoms with E-state index in [1.54, 1.807) is 0 Å². The van der Waals surface area contributed by atoms with Crippen molar-refractivity contribution < 1.29 is 19.7 Å².